The first-order valence-electron chi connectivity index (χ1n) is 7.46. The van der Waals surface area contributed by atoms with E-state index in [1.807, 2.05) is 0 Å². The summed E-state index contributed by atoms with van der Waals surface area (Å²) in [6, 6.07) is 10.6. The van der Waals surface area contributed by atoms with Crippen molar-refractivity contribution in [1.29, 1.82) is 0 Å². The van der Waals surface area contributed by atoms with Crippen LogP contribution in [0.25, 0.3) is 0 Å². The maximum Gasteiger partial charge on any atom is 0.0580 e. The fraction of sp³-hybridized carbons (Fsp3) is 0.647. The minimum atomic E-state index is 0.414. The van der Waals surface area contributed by atoms with E-state index in [0.717, 1.165) is 24.2 Å². The summed E-state index contributed by atoms with van der Waals surface area (Å²) in [5.74, 6) is 2.87. The van der Waals surface area contributed by atoms with Gasteiger partial charge in [-0.25, -0.2) is 0 Å². The largest absolute Gasteiger partial charge is 0.378 e. The van der Waals surface area contributed by atoms with E-state index in [4.69, 9.17) is 4.74 Å². The Morgan fingerprint density at radius 2 is 1.74 bits per heavy atom. The Kier molecular flexibility index (Phi) is 5.77. The molecule has 1 aliphatic carbocycles. The third-order valence-corrected chi connectivity index (χ3v) is 4.60. The quantitative estimate of drug-likeness (QED) is 0.778. The van der Waals surface area contributed by atoms with Gasteiger partial charge in [0.25, 0.3) is 0 Å². The highest BCUT2D eigenvalue weighted by atomic mass is 32.1. The molecule has 1 fully saturated rings. The van der Waals surface area contributed by atoms with Crippen molar-refractivity contribution in [2.75, 3.05) is 12.4 Å². The van der Waals surface area contributed by atoms with Gasteiger partial charge in [0.05, 0.1) is 12.7 Å². The summed E-state index contributed by atoms with van der Waals surface area (Å²) >= 11 is 4.48. The lowest BCUT2D eigenvalue weighted by atomic mass is 9.82. The van der Waals surface area contributed by atoms with Gasteiger partial charge in [-0.3, -0.25) is 0 Å². The van der Waals surface area contributed by atoms with E-state index < -0.39 is 0 Å². The van der Waals surface area contributed by atoms with Gasteiger partial charge in [-0.15, -0.1) is 0 Å². The summed E-state index contributed by atoms with van der Waals surface area (Å²) in [6.07, 6.45) is 4.25. The highest BCUT2D eigenvalue weighted by Gasteiger charge is 2.25. The van der Waals surface area contributed by atoms with Crippen molar-refractivity contribution in [3.8, 4) is 0 Å². The zero-order chi connectivity index (χ0) is 13.7. The van der Waals surface area contributed by atoms with Crippen molar-refractivity contribution >= 4 is 12.6 Å². The first-order chi connectivity index (χ1) is 9.19. The molecule has 106 valence electrons. The molecular weight excluding hydrogens is 252 g/mol. The zero-order valence-corrected chi connectivity index (χ0v) is 13.0. The van der Waals surface area contributed by atoms with Crippen LogP contribution in [0.2, 0.25) is 0 Å². The first kappa shape index (κ1) is 14.9. The Labute approximate surface area is 123 Å². The van der Waals surface area contributed by atoms with Crippen molar-refractivity contribution in [2.24, 2.45) is 11.8 Å². The summed E-state index contributed by atoms with van der Waals surface area (Å²) in [4.78, 5) is 0. The van der Waals surface area contributed by atoms with Crippen LogP contribution in [-0.2, 0) is 4.74 Å². The van der Waals surface area contributed by atoms with Crippen LogP contribution in [0.5, 0.6) is 0 Å². The molecule has 1 nitrogen and oxygen atoms in total. The van der Waals surface area contributed by atoms with Crippen molar-refractivity contribution in [2.45, 2.75) is 45.1 Å². The van der Waals surface area contributed by atoms with E-state index in [2.05, 4.69) is 56.8 Å². The Bertz CT molecular complexity index is 355. The summed E-state index contributed by atoms with van der Waals surface area (Å²) < 4.78 is 6.18. The summed E-state index contributed by atoms with van der Waals surface area (Å²) in [5.41, 5.74) is 1.34. The highest BCUT2D eigenvalue weighted by Crippen LogP contribution is 2.31. The van der Waals surface area contributed by atoms with Crippen LogP contribution < -0.4 is 0 Å². The molecule has 0 N–H and O–H groups in total. The molecule has 1 aromatic rings. The number of hydrogen-bond donors (Lipinski definition) is 1. The van der Waals surface area contributed by atoms with Crippen LogP contribution >= 0.6 is 12.6 Å². The number of rotatable bonds is 5. The molecule has 0 amide bonds. The zero-order valence-electron chi connectivity index (χ0n) is 12.1. The normalized spacial score (nSPS) is 29.1. The molecule has 3 atom stereocenters. The average molecular weight is 278 g/mol. The first-order valence-corrected chi connectivity index (χ1v) is 8.09. The molecule has 0 aliphatic heterocycles. The molecule has 0 heterocycles. The maximum absolute atomic E-state index is 6.18. The molecule has 0 spiro atoms. The van der Waals surface area contributed by atoms with Crippen molar-refractivity contribution in [3.05, 3.63) is 35.9 Å². The third-order valence-electron chi connectivity index (χ3n) is 4.16. The average Bonchev–Trinajstić information content (AvgIpc) is 2.39. The lowest BCUT2D eigenvalue weighted by molar-refractivity contribution is -0.00366. The second-order valence-electron chi connectivity index (χ2n) is 6.16. The SMILES string of the molecule is CC1CC(C)CC(OCC(CS)c2ccccc2)C1. The second kappa shape index (κ2) is 7.35. The fourth-order valence-corrected chi connectivity index (χ4v) is 3.56. The number of ether oxygens (including phenoxy) is 1. The summed E-state index contributed by atoms with van der Waals surface area (Å²) in [5, 5.41) is 0. The van der Waals surface area contributed by atoms with Gasteiger partial charge in [-0.05, 0) is 42.4 Å². The molecule has 0 saturated heterocycles. The van der Waals surface area contributed by atoms with Crippen LogP contribution in [0.3, 0.4) is 0 Å². The lowest BCUT2D eigenvalue weighted by Gasteiger charge is -2.32. The molecule has 2 heteroatoms. The van der Waals surface area contributed by atoms with Gasteiger partial charge in [-0.2, -0.15) is 12.6 Å². The molecule has 0 radical (unpaired) electrons. The summed E-state index contributed by atoms with van der Waals surface area (Å²) in [7, 11) is 0. The van der Waals surface area contributed by atoms with Gasteiger partial charge >= 0.3 is 0 Å². The van der Waals surface area contributed by atoms with E-state index in [1.54, 1.807) is 0 Å². The minimum absolute atomic E-state index is 0.414. The fourth-order valence-electron chi connectivity index (χ4n) is 3.24. The third kappa shape index (κ3) is 4.54. The molecular formula is C17H26OS. The Morgan fingerprint density at radius 3 is 2.32 bits per heavy atom. The molecule has 2 rings (SSSR count). The topological polar surface area (TPSA) is 9.23 Å². The molecule has 1 aliphatic rings. The van der Waals surface area contributed by atoms with Crippen molar-refractivity contribution in [3.63, 3.8) is 0 Å². The Balaban J connectivity index is 1.86. The number of hydrogen-bond acceptors (Lipinski definition) is 2. The second-order valence-corrected chi connectivity index (χ2v) is 6.53. The van der Waals surface area contributed by atoms with Crippen LogP contribution in [0.15, 0.2) is 30.3 Å². The Hall–Kier alpha value is -0.470. The van der Waals surface area contributed by atoms with Crippen molar-refractivity contribution in [1.82, 2.24) is 0 Å². The van der Waals surface area contributed by atoms with E-state index in [1.165, 1.54) is 24.8 Å². The van der Waals surface area contributed by atoms with Crippen LogP contribution in [0.1, 0.15) is 44.6 Å². The van der Waals surface area contributed by atoms with Crippen molar-refractivity contribution < 1.29 is 4.74 Å². The maximum atomic E-state index is 6.18. The van der Waals surface area contributed by atoms with E-state index in [9.17, 15) is 0 Å². The standard InChI is InChI=1S/C17H26OS/c1-13-8-14(2)10-17(9-13)18-11-16(12-19)15-6-4-3-5-7-15/h3-7,13-14,16-17,19H,8-12H2,1-2H3. The van der Waals surface area contributed by atoms with E-state index in [0.29, 0.717) is 12.0 Å². The summed E-state index contributed by atoms with van der Waals surface area (Å²) in [6.45, 7) is 5.50. The number of thiol groups is 1. The number of benzene rings is 1. The molecule has 1 aromatic carbocycles. The molecule has 3 unspecified atom stereocenters. The Morgan fingerprint density at radius 1 is 1.11 bits per heavy atom. The van der Waals surface area contributed by atoms with Crippen LogP contribution in [-0.4, -0.2) is 18.5 Å². The van der Waals surface area contributed by atoms with Crippen LogP contribution in [0.4, 0.5) is 0 Å². The monoisotopic (exact) mass is 278 g/mol. The van der Waals surface area contributed by atoms with E-state index in [-0.39, 0.29) is 0 Å². The van der Waals surface area contributed by atoms with Gasteiger partial charge in [-0.1, -0.05) is 44.2 Å². The molecule has 0 aromatic heterocycles. The minimum Gasteiger partial charge on any atom is -0.378 e. The smallest absolute Gasteiger partial charge is 0.0580 e. The molecule has 19 heavy (non-hydrogen) atoms. The van der Waals surface area contributed by atoms with Gasteiger partial charge in [0, 0.05) is 5.92 Å². The predicted octanol–water partition coefficient (Wildman–Crippen LogP) is 4.54. The molecule has 1 saturated carbocycles. The van der Waals surface area contributed by atoms with Gasteiger partial charge in [0.15, 0.2) is 0 Å². The molecule has 0 bridgehead atoms. The van der Waals surface area contributed by atoms with Crippen LogP contribution in [0, 0.1) is 11.8 Å². The lowest BCUT2D eigenvalue weighted by Crippen LogP contribution is -2.28. The van der Waals surface area contributed by atoms with Gasteiger partial charge < -0.3 is 4.74 Å². The highest BCUT2D eigenvalue weighted by molar-refractivity contribution is 7.80. The van der Waals surface area contributed by atoms with Gasteiger partial charge in [0.2, 0.25) is 0 Å². The van der Waals surface area contributed by atoms with Gasteiger partial charge in [0.1, 0.15) is 0 Å². The predicted molar refractivity (Wildman–Crippen MR) is 85.0 cm³/mol. The van der Waals surface area contributed by atoms with E-state index >= 15 is 0 Å².